The Morgan fingerprint density at radius 1 is 1.03 bits per heavy atom. The van der Waals surface area contributed by atoms with Crippen molar-refractivity contribution in [3.8, 4) is 11.5 Å². The number of furan rings is 1. The summed E-state index contributed by atoms with van der Waals surface area (Å²) in [6.45, 7) is 0.896. The molecule has 1 aliphatic heterocycles. The van der Waals surface area contributed by atoms with Gasteiger partial charge >= 0.3 is 0 Å². The Hall–Kier alpha value is -3.74. The van der Waals surface area contributed by atoms with Gasteiger partial charge in [0.2, 0.25) is 6.79 Å². The van der Waals surface area contributed by atoms with Gasteiger partial charge in [-0.05, 0) is 35.4 Å². The molecule has 0 spiro atoms. The fourth-order valence-corrected chi connectivity index (χ4v) is 3.48. The Kier molecular flexibility index (Phi) is 4.20. The van der Waals surface area contributed by atoms with Crippen LogP contribution in [0.3, 0.4) is 0 Å². The number of nitrogens with zero attached hydrogens (tertiary/aromatic N) is 1. The molecule has 2 aromatic carbocycles. The van der Waals surface area contributed by atoms with Crippen LogP contribution in [0.1, 0.15) is 21.6 Å². The van der Waals surface area contributed by atoms with E-state index in [0.29, 0.717) is 35.9 Å². The van der Waals surface area contributed by atoms with E-state index < -0.39 is 0 Å². The molecule has 3 heterocycles. The lowest BCUT2D eigenvalue weighted by molar-refractivity contribution is 0.0942. The largest absolute Gasteiger partial charge is 0.463 e. The van der Waals surface area contributed by atoms with Crippen molar-refractivity contribution in [2.24, 2.45) is 0 Å². The van der Waals surface area contributed by atoms with E-state index in [2.05, 4.69) is 5.32 Å². The van der Waals surface area contributed by atoms with Gasteiger partial charge in [-0.15, -0.1) is 0 Å². The van der Waals surface area contributed by atoms with Crippen molar-refractivity contribution in [1.82, 2.24) is 9.88 Å². The summed E-state index contributed by atoms with van der Waals surface area (Å²) < 4.78 is 31.5. The second-order valence-electron chi connectivity index (χ2n) is 6.79. The fourth-order valence-electron chi connectivity index (χ4n) is 3.48. The van der Waals surface area contributed by atoms with E-state index >= 15 is 0 Å². The monoisotopic (exact) mass is 392 g/mol. The quantitative estimate of drug-likeness (QED) is 0.556. The lowest BCUT2D eigenvalue weighted by atomic mass is 10.2. The highest BCUT2D eigenvalue weighted by atomic mass is 19.1. The van der Waals surface area contributed by atoms with Gasteiger partial charge in [0.05, 0.1) is 11.8 Å². The molecule has 0 bridgehead atoms. The van der Waals surface area contributed by atoms with Crippen LogP contribution in [0.15, 0.2) is 65.3 Å². The van der Waals surface area contributed by atoms with E-state index in [1.165, 1.54) is 12.1 Å². The number of hydrogen-bond acceptors (Lipinski definition) is 4. The fraction of sp³-hybridized carbons (Fsp3) is 0.136. The molecule has 5 rings (SSSR count). The summed E-state index contributed by atoms with van der Waals surface area (Å²) in [5.41, 5.74) is 3.49. The molecule has 29 heavy (non-hydrogen) atoms. The lowest BCUT2D eigenvalue weighted by Crippen LogP contribution is -2.25. The molecule has 0 unspecified atom stereocenters. The van der Waals surface area contributed by atoms with Gasteiger partial charge < -0.3 is 23.8 Å². The van der Waals surface area contributed by atoms with Crippen molar-refractivity contribution < 1.29 is 23.1 Å². The first-order valence-corrected chi connectivity index (χ1v) is 9.15. The van der Waals surface area contributed by atoms with Crippen molar-refractivity contribution >= 4 is 17.0 Å². The number of nitrogens with one attached hydrogen (secondary N) is 1. The van der Waals surface area contributed by atoms with Crippen LogP contribution in [-0.2, 0) is 13.1 Å². The van der Waals surface area contributed by atoms with Gasteiger partial charge in [-0.25, -0.2) is 4.39 Å². The molecule has 7 heteroatoms. The highest BCUT2D eigenvalue weighted by molar-refractivity contribution is 5.97. The Morgan fingerprint density at radius 3 is 2.83 bits per heavy atom. The molecular weight excluding hydrogens is 375 g/mol. The number of rotatable bonds is 5. The maximum absolute atomic E-state index is 13.6. The first-order valence-electron chi connectivity index (χ1n) is 9.15. The van der Waals surface area contributed by atoms with Gasteiger partial charge in [0.25, 0.3) is 5.91 Å². The Labute approximate surface area is 165 Å². The number of amides is 1. The third-order valence-corrected chi connectivity index (χ3v) is 4.88. The standard InChI is InChI=1S/C22H17FN2O4/c23-16-3-1-2-15(8-16)12-25-17-6-7-27-20(17)10-18(25)22(26)24-11-14-4-5-19-21(9-14)29-13-28-19/h1-10H,11-13H2,(H,24,26). The predicted molar refractivity (Wildman–Crippen MR) is 103 cm³/mol. The van der Waals surface area contributed by atoms with Crippen molar-refractivity contribution in [3.05, 3.63) is 83.5 Å². The van der Waals surface area contributed by atoms with E-state index in [0.717, 1.165) is 16.6 Å². The summed E-state index contributed by atoms with van der Waals surface area (Å²) in [6.07, 6.45) is 1.57. The molecule has 6 nitrogen and oxygen atoms in total. The van der Waals surface area contributed by atoms with E-state index in [4.69, 9.17) is 13.9 Å². The van der Waals surface area contributed by atoms with E-state index in [9.17, 15) is 9.18 Å². The average molecular weight is 392 g/mol. The molecular formula is C22H17FN2O4. The molecule has 2 aromatic heterocycles. The van der Waals surface area contributed by atoms with Gasteiger partial charge in [0.1, 0.15) is 11.5 Å². The molecule has 4 aromatic rings. The summed E-state index contributed by atoms with van der Waals surface area (Å²) in [6, 6.07) is 15.4. The summed E-state index contributed by atoms with van der Waals surface area (Å²) in [5, 5.41) is 2.92. The topological polar surface area (TPSA) is 65.6 Å². The highest BCUT2D eigenvalue weighted by Gasteiger charge is 2.19. The number of halogens is 1. The first kappa shape index (κ1) is 17.4. The maximum Gasteiger partial charge on any atom is 0.268 e. The van der Waals surface area contributed by atoms with Gasteiger partial charge in [-0.1, -0.05) is 18.2 Å². The van der Waals surface area contributed by atoms with Crippen LogP contribution in [0.25, 0.3) is 11.1 Å². The lowest BCUT2D eigenvalue weighted by Gasteiger charge is -2.11. The van der Waals surface area contributed by atoms with Gasteiger partial charge in [0.15, 0.2) is 17.1 Å². The zero-order chi connectivity index (χ0) is 19.8. The highest BCUT2D eigenvalue weighted by Crippen LogP contribution is 2.32. The molecule has 1 aliphatic rings. The van der Waals surface area contributed by atoms with Crippen molar-refractivity contribution in [3.63, 3.8) is 0 Å². The number of fused-ring (bicyclic) bond motifs is 2. The maximum atomic E-state index is 13.6. The van der Waals surface area contributed by atoms with Crippen LogP contribution in [0.5, 0.6) is 11.5 Å². The second-order valence-corrected chi connectivity index (χ2v) is 6.79. The number of carbonyl (C=O) groups is 1. The van der Waals surface area contributed by atoms with Crippen molar-refractivity contribution in [2.45, 2.75) is 13.1 Å². The van der Waals surface area contributed by atoms with Crippen molar-refractivity contribution in [2.75, 3.05) is 6.79 Å². The number of ether oxygens (including phenoxy) is 2. The number of benzene rings is 2. The SMILES string of the molecule is O=C(NCc1ccc2c(c1)OCO2)c1cc2occc2n1Cc1cccc(F)c1. The zero-order valence-corrected chi connectivity index (χ0v) is 15.4. The summed E-state index contributed by atoms with van der Waals surface area (Å²) >= 11 is 0. The van der Waals surface area contributed by atoms with Crippen LogP contribution >= 0.6 is 0 Å². The van der Waals surface area contributed by atoms with Crippen LogP contribution in [0, 0.1) is 5.82 Å². The average Bonchev–Trinajstić information content (AvgIpc) is 3.43. The van der Waals surface area contributed by atoms with Crippen LogP contribution < -0.4 is 14.8 Å². The molecule has 0 atom stereocenters. The number of hydrogen-bond donors (Lipinski definition) is 1. The third kappa shape index (κ3) is 3.31. The minimum atomic E-state index is -0.313. The molecule has 0 aliphatic carbocycles. The summed E-state index contributed by atoms with van der Waals surface area (Å²) in [7, 11) is 0. The molecule has 0 fully saturated rings. The third-order valence-electron chi connectivity index (χ3n) is 4.88. The number of carbonyl (C=O) groups excluding carboxylic acids is 1. The molecule has 0 saturated heterocycles. The van der Waals surface area contributed by atoms with Gasteiger partial charge in [-0.3, -0.25) is 4.79 Å². The van der Waals surface area contributed by atoms with Crippen molar-refractivity contribution in [1.29, 1.82) is 0 Å². The van der Waals surface area contributed by atoms with Crippen LogP contribution in [-0.4, -0.2) is 17.3 Å². The van der Waals surface area contributed by atoms with E-state index in [-0.39, 0.29) is 18.5 Å². The first-order chi connectivity index (χ1) is 14.2. The summed E-state index contributed by atoms with van der Waals surface area (Å²) in [5.74, 6) is 0.811. The molecule has 0 saturated carbocycles. The molecule has 1 amide bonds. The smallest absolute Gasteiger partial charge is 0.268 e. The van der Waals surface area contributed by atoms with Gasteiger partial charge in [-0.2, -0.15) is 0 Å². The second kappa shape index (κ2) is 7.01. The minimum Gasteiger partial charge on any atom is -0.463 e. The van der Waals surface area contributed by atoms with Gasteiger partial charge in [0, 0.05) is 25.2 Å². The van der Waals surface area contributed by atoms with E-state index in [1.807, 2.05) is 28.8 Å². The molecule has 0 radical (unpaired) electrons. The Morgan fingerprint density at radius 2 is 1.93 bits per heavy atom. The zero-order valence-electron chi connectivity index (χ0n) is 15.4. The normalized spacial score (nSPS) is 12.4. The molecule has 1 N–H and O–H groups in total. The Bertz CT molecular complexity index is 1210. The number of aromatic nitrogens is 1. The minimum absolute atomic E-state index is 0.206. The van der Waals surface area contributed by atoms with Crippen LogP contribution in [0.2, 0.25) is 0 Å². The summed E-state index contributed by atoms with van der Waals surface area (Å²) in [4.78, 5) is 12.9. The van der Waals surface area contributed by atoms with E-state index in [1.54, 1.807) is 24.5 Å². The predicted octanol–water partition coefficient (Wildman–Crippen LogP) is 4.08. The Balaban J connectivity index is 1.39. The molecule has 146 valence electrons. The van der Waals surface area contributed by atoms with Crippen LogP contribution in [0.4, 0.5) is 4.39 Å².